The Hall–Kier alpha value is -3.59. The molecule has 1 N–H and O–H groups in total. The van der Waals surface area contributed by atoms with E-state index >= 15 is 0 Å². The van der Waals surface area contributed by atoms with E-state index in [1.165, 1.54) is 18.2 Å². The van der Waals surface area contributed by atoms with Crippen molar-refractivity contribution in [3.63, 3.8) is 0 Å². The van der Waals surface area contributed by atoms with E-state index in [2.05, 4.69) is 16.7 Å². The number of carboxylic acids is 1. The molecule has 0 aliphatic rings. The van der Waals surface area contributed by atoms with Gasteiger partial charge in [-0.15, -0.1) is 0 Å². The Labute approximate surface area is 161 Å². The molecule has 0 spiro atoms. The molecule has 0 saturated heterocycles. The third-order valence-corrected chi connectivity index (χ3v) is 4.37. The first-order valence-electron chi connectivity index (χ1n) is 8.80. The zero-order chi connectivity index (χ0) is 20.3. The zero-order valence-corrected chi connectivity index (χ0v) is 15.5. The predicted octanol–water partition coefficient (Wildman–Crippen LogP) is 3.88. The van der Waals surface area contributed by atoms with Gasteiger partial charge in [-0.2, -0.15) is 0 Å². The highest BCUT2D eigenvalue weighted by atomic mass is 19.1. The van der Waals surface area contributed by atoms with Gasteiger partial charge in [-0.1, -0.05) is 11.8 Å². The van der Waals surface area contributed by atoms with Crippen LogP contribution in [0.4, 0.5) is 10.1 Å². The third kappa shape index (κ3) is 3.89. The normalized spacial score (nSPS) is 10.4. The maximum absolute atomic E-state index is 13.1. The van der Waals surface area contributed by atoms with Crippen LogP contribution in [0.2, 0.25) is 0 Å². The second-order valence-electron chi connectivity index (χ2n) is 6.09. The van der Waals surface area contributed by atoms with Crippen molar-refractivity contribution >= 4 is 22.6 Å². The molecular weight excluding hydrogens is 361 g/mol. The van der Waals surface area contributed by atoms with E-state index in [4.69, 9.17) is 9.52 Å². The Morgan fingerprint density at radius 1 is 1.11 bits per heavy atom. The van der Waals surface area contributed by atoms with Crippen molar-refractivity contribution in [3.8, 4) is 11.8 Å². The molecular formula is C22H18FNO4. The van der Waals surface area contributed by atoms with Crippen LogP contribution in [0.3, 0.4) is 0 Å². The summed E-state index contributed by atoms with van der Waals surface area (Å²) in [4.78, 5) is 25.2. The van der Waals surface area contributed by atoms with Gasteiger partial charge in [0.05, 0.1) is 5.69 Å². The summed E-state index contributed by atoms with van der Waals surface area (Å²) in [6.07, 6.45) is 0. The third-order valence-electron chi connectivity index (χ3n) is 4.37. The smallest absolute Gasteiger partial charge is 0.351 e. The van der Waals surface area contributed by atoms with Crippen LogP contribution in [0.25, 0.3) is 11.0 Å². The fourth-order valence-corrected chi connectivity index (χ4v) is 2.90. The Kier molecular flexibility index (Phi) is 5.46. The second-order valence-corrected chi connectivity index (χ2v) is 6.09. The van der Waals surface area contributed by atoms with Gasteiger partial charge in [-0.25, -0.2) is 14.0 Å². The fraction of sp³-hybridized carbons (Fsp3) is 0.182. The number of rotatable bonds is 4. The number of hydrogen-bond acceptors (Lipinski definition) is 4. The molecule has 0 aliphatic carbocycles. The van der Waals surface area contributed by atoms with E-state index in [0.29, 0.717) is 35.2 Å². The van der Waals surface area contributed by atoms with Gasteiger partial charge in [0, 0.05) is 35.7 Å². The molecule has 0 bridgehead atoms. The molecule has 0 saturated carbocycles. The summed E-state index contributed by atoms with van der Waals surface area (Å²) in [6, 6.07) is 10.5. The van der Waals surface area contributed by atoms with Gasteiger partial charge in [0.25, 0.3) is 0 Å². The van der Waals surface area contributed by atoms with E-state index in [1.54, 1.807) is 24.3 Å². The van der Waals surface area contributed by atoms with Crippen LogP contribution in [0.15, 0.2) is 51.7 Å². The first-order valence-corrected chi connectivity index (χ1v) is 8.80. The minimum atomic E-state index is -1.34. The van der Waals surface area contributed by atoms with Crippen LogP contribution >= 0.6 is 0 Å². The lowest BCUT2D eigenvalue weighted by atomic mass is 10.1. The SMILES string of the molecule is CCN(CC)c1cc2oc(=O)c(C(=O)O)cc2cc1C#Cc1ccc(F)cc1. The van der Waals surface area contributed by atoms with Crippen molar-refractivity contribution in [2.75, 3.05) is 18.0 Å². The topological polar surface area (TPSA) is 70.8 Å². The number of hydrogen-bond donors (Lipinski definition) is 1. The van der Waals surface area contributed by atoms with Crippen molar-refractivity contribution in [3.05, 3.63) is 75.4 Å². The average Bonchev–Trinajstić information content (AvgIpc) is 2.68. The molecule has 3 aromatic rings. The molecule has 142 valence electrons. The van der Waals surface area contributed by atoms with Crippen molar-refractivity contribution in [2.24, 2.45) is 0 Å². The second kappa shape index (κ2) is 7.97. The highest BCUT2D eigenvalue weighted by Gasteiger charge is 2.15. The largest absolute Gasteiger partial charge is 0.477 e. The highest BCUT2D eigenvalue weighted by molar-refractivity contribution is 5.93. The number of carboxylic acid groups (broad SMARTS) is 1. The summed E-state index contributed by atoms with van der Waals surface area (Å²) >= 11 is 0. The van der Waals surface area contributed by atoms with Crippen molar-refractivity contribution in [1.82, 2.24) is 0 Å². The van der Waals surface area contributed by atoms with Gasteiger partial charge in [-0.05, 0) is 50.2 Å². The number of benzene rings is 2. The van der Waals surface area contributed by atoms with Gasteiger partial charge in [0.1, 0.15) is 17.0 Å². The number of aromatic carboxylic acids is 1. The lowest BCUT2D eigenvalue weighted by Gasteiger charge is -2.22. The summed E-state index contributed by atoms with van der Waals surface area (Å²) in [7, 11) is 0. The molecule has 28 heavy (non-hydrogen) atoms. The van der Waals surface area contributed by atoms with Gasteiger partial charge < -0.3 is 14.4 Å². The van der Waals surface area contributed by atoms with Crippen molar-refractivity contribution in [2.45, 2.75) is 13.8 Å². The molecule has 3 rings (SSSR count). The number of carbonyl (C=O) groups is 1. The monoisotopic (exact) mass is 379 g/mol. The summed E-state index contributed by atoms with van der Waals surface area (Å²) < 4.78 is 18.3. The average molecular weight is 379 g/mol. The Bertz CT molecular complexity index is 1150. The Morgan fingerprint density at radius 2 is 1.79 bits per heavy atom. The molecule has 0 unspecified atom stereocenters. The number of halogens is 1. The standard InChI is InChI=1S/C22H18FNO4/c1-3-24(4-2)19-13-20-16(12-18(21(25)26)22(27)28-20)11-15(19)8-5-14-6-9-17(23)10-7-14/h6-7,9-13H,3-4H2,1-2H3,(H,25,26). The molecule has 6 heteroatoms. The van der Waals surface area contributed by atoms with Crippen LogP contribution in [-0.4, -0.2) is 24.2 Å². The summed E-state index contributed by atoms with van der Waals surface area (Å²) in [5.74, 6) is 4.38. The molecule has 0 fully saturated rings. The molecule has 0 atom stereocenters. The summed E-state index contributed by atoms with van der Waals surface area (Å²) in [5, 5.41) is 9.63. The molecule has 5 nitrogen and oxygen atoms in total. The number of nitrogens with zero attached hydrogens (tertiary/aromatic N) is 1. The Morgan fingerprint density at radius 3 is 2.39 bits per heavy atom. The van der Waals surface area contributed by atoms with E-state index in [-0.39, 0.29) is 5.82 Å². The molecule has 1 heterocycles. The summed E-state index contributed by atoms with van der Waals surface area (Å²) in [5.41, 5.74) is 1.06. The van der Waals surface area contributed by atoms with Gasteiger partial charge in [-0.3, -0.25) is 0 Å². The quantitative estimate of drug-likeness (QED) is 0.550. The van der Waals surface area contributed by atoms with E-state index in [9.17, 15) is 14.0 Å². The minimum Gasteiger partial charge on any atom is -0.477 e. The zero-order valence-electron chi connectivity index (χ0n) is 15.5. The van der Waals surface area contributed by atoms with Crippen LogP contribution in [-0.2, 0) is 0 Å². The molecule has 0 amide bonds. The molecule has 0 radical (unpaired) electrons. The van der Waals surface area contributed by atoms with E-state index in [0.717, 1.165) is 5.69 Å². The maximum Gasteiger partial charge on any atom is 0.351 e. The summed E-state index contributed by atoms with van der Waals surface area (Å²) in [6.45, 7) is 5.42. The van der Waals surface area contributed by atoms with E-state index < -0.39 is 17.2 Å². The minimum absolute atomic E-state index is 0.296. The van der Waals surface area contributed by atoms with Crippen molar-refractivity contribution in [1.29, 1.82) is 0 Å². The van der Waals surface area contributed by atoms with Crippen molar-refractivity contribution < 1.29 is 18.7 Å². The lowest BCUT2D eigenvalue weighted by molar-refractivity contribution is 0.0692. The lowest BCUT2D eigenvalue weighted by Crippen LogP contribution is -2.23. The van der Waals surface area contributed by atoms with E-state index in [1.807, 2.05) is 13.8 Å². The first kappa shape index (κ1) is 19.2. The Balaban J connectivity index is 2.21. The van der Waals surface area contributed by atoms with Gasteiger partial charge in [0.15, 0.2) is 0 Å². The first-order chi connectivity index (χ1) is 13.4. The molecule has 2 aromatic carbocycles. The number of fused-ring (bicyclic) bond motifs is 1. The number of anilines is 1. The van der Waals surface area contributed by atoms with Crippen LogP contribution in [0, 0.1) is 17.7 Å². The molecule has 1 aromatic heterocycles. The fourth-order valence-electron chi connectivity index (χ4n) is 2.90. The van der Waals surface area contributed by atoms with Crippen LogP contribution in [0.1, 0.15) is 35.3 Å². The van der Waals surface area contributed by atoms with Gasteiger partial charge >= 0.3 is 11.6 Å². The predicted molar refractivity (Wildman–Crippen MR) is 105 cm³/mol. The van der Waals surface area contributed by atoms with Crippen LogP contribution in [0.5, 0.6) is 0 Å². The van der Waals surface area contributed by atoms with Crippen LogP contribution < -0.4 is 10.5 Å². The maximum atomic E-state index is 13.1. The molecule has 0 aliphatic heterocycles. The van der Waals surface area contributed by atoms with Gasteiger partial charge in [0.2, 0.25) is 0 Å². The highest BCUT2D eigenvalue weighted by Crippen LogP contribution is 2.27.